The third-order valence-corrected chi connectivity index (χ3v) is 6.09. The lowest BCUT2D eigenvalue weighted by Crippen LogP contribution is -2.61. The zero-order chi connectivity index (χ0) is 23.9. The van der Waals surface area contributed by atoms with Gasteiger partial charge < -0.3 is 10.6 Å². The summed E-state index contributed by atoms with van der Waals surface area (Å²) in [6.45, 7) is 8.23. The number of nitrogens with zero attached hydrogens (tertiary/aromatic N) is 4. The van der Waals surface area contributed by atoms with Gasteiger partial charge in [0.25, 0.3) is 0 Å². The first-order valence-corrected chi connectivity index (χ1v) is 10.1. The SMILES string of the molecule is CN1C(C)(C)CC(Nc2nc(Nc3ccc(F)c(C#N)c3)ncc2C(F)(F)F)CC1(C)C. The van der Waals surface area contributed by atoms with Crippen LogP contribution in [0, 0.1) is 17.1 Å². The smallest absolute Gasteiger partial charge is 0.367 e. The Kier molecular flexibility index (Phi) is 6.08. The lowest BCUT2D eigenvalue weighted by atomic mass is 9.77. The summed E-state index contributed by atoms with van der Waals surface area (Å²) in [4.78, 5) is 10.1. The number of likely N-dealkylation sites (tertiary alicyclic amines) is 1. The number of halogens is 4. The van der Waals surface area contributed by atoms with E-state index >= 15 is 0 Å². The Labute approximate surface area is 184 Å². The van der Waals surface area contributed by atoms with Crippen LogP contribution in [0.25, 0.3) is 0 Å². The number of rotatable bonds is 4. The highest BCUT2D eigenvalue weighted by molar-refractivity contribution is 5.59. The first-order chi connectivity index (χ1) is 14.7. The molecule has 0 bridgehead atoms. The Morgan fingerprint density at radius 1 is 1.16 bits per heavy atom. The molecule has 6 nitrogen and oxygen atoms in total. The van der Waals surface area contributed by atoms with Crippen molar-refractivity contribution in [1.29, 1.82) is 5.26 Å². The fourth-order valence-electron chi connectivity index (χ4n) is 4.24. The molecular weight excluding hydrogens is 424 g/mol. The van der Waals surface area contributed by atoms with Crippen LogP contribution in [-0.4, -0.2) is 39.0 Å². The maximum Gasteiger partial charge on any atom is 0.421 e. The molecule has 172 valence electrons. The van der Waals surface area contributed by atoms with Crippen LogP contribution in [0.4, 0.5) is 35.0 Å². The van der Waals surface area contributed by atoms with Gasteiger partial charge in [0.1, 0.15) is 23.3 Å². The summed E-state index contributed by atoms with van der Waals surface area (Å²) in [7, 11) is 2.02. The van der Waals surface area contributed by atoms with Crippen molar-refractivity contribution >= 4 is 17.5 Å². The molecule has 32 heavy (non-hydrogen) atoms. The summed E-state index contributed by atoms with van der Waals surface area (Å²) < 4.78 is 54.5. The molecule has 2 aromatic rings. The van der Waals surface area contributed by atoms with Crippen molar-refractivity contribution in [3.8, 4) is 6.07 Å². The van der Waals surface area contributed by atoms with Crippen LogP contribution < -0.4 is 10.6 Å². The Morgan fingerprint density at radius 3 is 2.34 bits per heavy atom. The van der Waals surface area contributed by atoms with Gasteiger partial charge in [-0.1, -0.05) is 0 Å². The number of anilines is 3. The molecule has 0 aliphatic carbocycles. The number of nitrogens with one attached hydrogen (secondary N) is 2. The molecule has 2 N–H and O–H groups in total. The van der Waals surface area contributed by atoms with Crippen LogP contribution in [0.1, 0.15) is 51.7 Å². The monoisotopic (exact) mass is 450 g/mol. The van der Waals surface area contributed by atoms with Crippen molar-refractivity contribution in [3.05, 3.63) is 41.3 Å². The van der Waals surface area contributed by atoms with Gasteiger partial charge in [-0.05, 0) is 65.8 Å². The second kappa shape index (κ2) is 8.20. The number of alkyl halides is 3. The van der Waals surface area contributed by atoms with E-state index in [1.807, 2.05) is 7.05 Å². The molecule has 2 heterocycles. The molecule has 0 amide bonds. The minimum Gasteiger partial charge on any atom is -0.367 e. The summed E-state index contributed by atoms with van der Waals surface area (Å²) in [5.41, 5.74) is -1.33. The van der Waals surface area contributed by atoms with Gasteiger partial charge in [-0.15, -0.1) is 0 Å². The van der Waals surface area contributed by atoms with Gasteiger partial charge >= 0.3 is 6.18 Å². The standard InChI is InChI=1S/C22H26F4N6/c1-20(2)9-15(10-21(3,4)32(20)5)29-18-16(22(24,25)26)12-28-19(31-18)30-14-6-7-17(23)13(8-14)11-27/h6-8,12,15H,9-10H2,1-5H3,(H2,28,29,30,31). The van der Waals surface area contributed by atoms with Crippen LogP contribution >= 0.6 is 0 Å². The van der Waals surface area contributed by atoms with Gasteiger partial charge in [-0.25, -0.2) is 9.37 Å². The molecule has 0 radical (unpaired) electrons. The van der Waals surface area contributed by atoms with Crippen molar-refractivity contribution in [3.63, 3.8) is 0 Å². The number of benzene rings is 1. The van der Waals surface area contributed by atoms with Crippen LogP contribution in [-0.2, 0) is 6.18 Å². The maximum atomic E-state index is 13.6. The second-order valence-electron chi connectivity index (χ2n) is 9.32. The zero-order valence-corrected chi connectivity index (χ0v) is 18.6. The van der Waals surface area contributed by atoms with Crippen molar-refractivity contribution in [2.75, 3.05) is 17.7 Å². The fraction of sp³-hybridized carbons (Fsp3) is 0.500. The van der Waals surface area contributed by atoms with E-state index < -0.39 is 17.6 Å². The quantitative estimate of drug-likeness (QED) is 0.615. The van der Waals surface area contributed by atoms with E-state index in [2.05, 4.69) is 53.2 Å². The highest BCUT2D eigenvalue weighted by Gasteiger charge is 2.44. The molecule has 1 aliphatic heterocycles. The van der Waals surface area contributed by atoms with E-state index in [4.69, 9.17) is 5.26 Å². The van der Waals surface area contributed by atoms with E-state index in [9.17, 15) is 17.6 Å². The van der Waals surface area contributed by atoms with Gasteiger partial charge in [-0.2, -0.15) is 23.4 Å². The zero-order valence-electron chi connectivity index (χ0n) is 18.6. The predicted molar refractivity (Wildman–Crippen MR) is 114 cm³/mol. The maximum absolute atomic E-state index is 13.6. The summed E-state index contributed by atoms with van der Waals surface area (Å²) >= 11 is 0. The number of hydrogen-bond acceptors (Lipinski definition) is 6. The molecular formula is C22H26F4N6. The molecule has 0 unspecified atom stereocenters. The second-order valence-corrected chi connectivity index (χ2v) is 9.32. The van der Waals surface area contributed by atoms with E-state index in [0.29, 0.717) is 12.8 Å². The van der Waals surface area contributed by atoms with Gasteiger partial charge in [0.15, 0.2) is 0 Å². The van der Waals surface area contributed by atoms with Gasteiger partial charge in [0.2, 0.25) is 5.95 Å². The Balaban J connectivity index is 1.93. The Bertz CT molecular complexity index is 1020. The lowest BCUT2D eigenvalue weighted by molar-refractivity contribution is -0.137. The lowest BCUT2D eigenvalue weighted by Gasteiger charge is -2.53. The Hall–Kier alpha value is -2.93. The van der Waals surface area contributed by atoms with Crippen molar-refractivity contribution in [2.24, 2.45) is 0 Å². The average Bonchev–Trinajstić information content (AvgIpc) is 2.66. The van der Waals surface area contributed by atoms with Crippen LogP contribution in [0.15, 0.2) is 24.4 Å². The molecule has 1 aromatic heterocycles. The van der Waals surface area contributed by atoms with E-state index in [1.165, 1.54) is 12.1 Å². The van der Waals surface area contributed by atoms with E-state index in [0.717, 1.165) is 12.3 Å². The van der Waals surface area contributed by atoms with E-state index in [1.54, 1.807) is 6.07 Å². The van der Waals surface area contributed by atoms with Crippen molar-refractivity contribution in [1.82, 2.24) is 14.9 Å². The number of hydrogen-bond donors (Lipinski definition) is 2. The number of piperidine rings is 1. The molecule has 0 atom stereocenters. The molecule has 1 saturated heterocycles. The van der Waals surface area contributed by atoms with E-state index in [-0.39, 0.29) is 40.1 Å². The Morgan fingerprint density at radius 2 is 1.78 bits per heavy atom. The minimum atomic E-state index is -4.64. The largest absolute Gasteiger partial charge is 0.421 e. The fourth-order valence-corrected chi connectivity index (χ4v) is 4.24. The molecule has 3 rings (SSSR count). The van der Waals surface area contributed by atoms with Crippen LogP contribution in [0.5, 0.6) is 0 Å². The molecule has 1 fully saturated rings. The third kappa shape index (κ3) is 4.93. The number of nitriles is 1. The first-order valence-electron chi connectivity index (χ1n) is 10.1. The van der Waals surface area contributed by atoms with Gasteiger partial charge in [-0.3, -0.25) is 4.90 Å². The molecule has 1 aliphatic rings. The van der Waals surface area contributed by atoms with Crippen molar-refractivity contribution in [2.45, 2.75) is 63.8 Å². The molecule has 0 spiro atoms. The van der Waals surface area contributed by atoms with Gasteiger partial charge in [0.05, 0.1) is 5.56 Å². The summed E-state index contributed by atoms with van der Waals surface area (Å²) in [6, 6.07) is 5.16. The van der Waals surface area contributed by atoms with Crippen LogP contribution in [0.3, 0.4) is 0 Å². The summed E-state index contributed by atoms with van der Waals surface area (Å²) in [6.07, 6.45) is -2.67. The third-order valence-electron chi connectivity index (χ3n) is 6.09. The topological polar surface area (TPSA) is 76.9 Å². The van der Waals surface area contributed by atoms with Gasteiger partial charge in [0, 0.05) is 29.0 Å². The number of aromatic nitrogens is 2. The average molecular weight is 450 g/mol. The molecule has 0 saturated carbocycles. The normalized spacial score (nSPS) is 18.8. The summed E-state index contributed by atoms with van der Waals surface area (Å²) in [5, 5.41) is 14.7. The highest BCUT2D eigenvalue weighted by Crippen LogP contribution is 2.40. The van der Waals surface area contributed by atoms with Crippen molar-refractivity contribution < 1.29 is 17.6 Å². The molecule has 10 heteroatoms. The highest BCUT2D eigenvalue weighted by atomic mass is 19.4. The van der Waals surface area contributed by atoms with Crippen LogP contribution in [0.2, 0.25) is 0 Å². The molecule has 1 aromatic carbocycles. The summed E-state index contributed by atoms with van der Waals surface area (Å²) in [5.74, 6) is -1.11. The predicted octanol–water partition coefficient (Wildman–Crippen LogP) is 5.31. The minimum absolute atomic E-state index is 0.0950. The first kappa shape index (κ1) is 23.7.